The molecule has 9 rings (SSSR count). The number of esters is 1. The normalized spacial score (nSPS) is 55.4. The van der Waals surface area contributed by atoms with Gasteiger partial charge in [-0.2, -0.15) is 0 Å². The lowest BCUT2D eigenvalue weighted by molar-refractivity contribution is -0.389. The van der Waals surface area contributed by atoms with Gasteiger partial charge >= 0.3 is 5.97 Å². The molecular weight excluding hydrogens is 973 g/mol. The van der Waals surface area contributed by atoms with E-state index in [1.54, 1.807) is 0 Å². The molecule has 29 atom stereocenters. The van der Waals surface area contributed by atoms with E-state index in [1.807, 2.05) is 0 Å². The molecule has 0 radical (unpaired) electrons. The lowest BCUT2D eigenvalue weighted by atomic mass is 9.31. The molecule has 0 bridgehead atoms. The predicted molar refractivity (Wildman–Crippen MR) is 255 cm³/mol. The van der Waals surface area contributed by atoms with E-state index in [0.717, 1.165) is 38.5 Å². The van der Waals surface area contributed by atoms with Crippen LogP contribution in [0.1, 0.15) is 113 Å². The number of allylic oxidation sites excluding steroid dienone is 2. The molecule has 0 aromatic heterocycles. The molecule has 424 valence electrons. The van der Waals surface area contributed by atoms with Crippen molar-refractivity contribution in [2.75, 3.05) is 19.8 Å². The van der Waals surface area contributed by atoms with E-state index >= 15 is 0 Å². The number of hydrogen-bond donors (Lipinski definition) is 12. The first-order valence-corrected chi connectivity index (χ1v) is 27.2. The van der Waals surface area contributed by atoms with Crippen molar-refractivity contribution in [2.24, 2.45) is 56.7 Å². The maximum Gasteiger partial charge on any atom is 0.315 e. The maximum absolute atomic E-state index is 14.8. The quantitative estimate of drug-likeness (QED) is 0.0745. The van der Waals surface area contributed by atoms with E-state index in [9.17, 15) is 66.1 Å². The highest BCUT2D eigenvalue weighted by atomic mass is 16.8. The highest BCUT2D eigenvalue weighted by molar-refractivity contribution is 5.78. The van der Waals surface area contributed by atoms with Gasteiger partial charge in [-0.25, -0.2) is 0 Å². The molecule has 0 spiro atoms. The summed E-state index contributed by atoms with van der Waals surface area (Å²) in [4.78, 5) is 14.8. The minimum absolute atomic E-state index is 0.0422. The Bertz CT molecular complexity index is 2030. The van der Waals surface area contributed by atoms with Crippen LogP contribution in [-0.2, 0) is 42.7 Å². The van der Waals surface area contributed by atoms with Crippen LogP contribution in [0.4, 0.5) is 0 Å². The van der Waals surface area contributed by atoms with Gasteiger partial charge in [0.25, 0.3) is 0 Å². The van der Waals surface area contributed by atoms with Gasteiger partial charge in [0, 0.05) is 0 Å². The van der Waals surface area contributed by atoms with Crippen LogP contribution in [-0.4, -0.2) is 210 Å². The summed E-state index contributed by atoms with van der Waals surface area (Å²) in [7, 11) is 0. The van der Waals surface area contributed by atoms with Crippen LogP contribution in [0.2, 0.25) is 0 Å². The van der Waals surface area contributed by atoms with Gasteiger partial charge < -0.3 is 99.2 Å². The smallest absolute Gasteiger partial charge is 0.315 e. The number of aliphatic hydroxyl groups excluding tert-OH is 12. The summed E-state index contributed by atoms with van der Waals surface area (Å²) < 4.78 is 48.5. The van der Waals surface area contributed by atoms with Gasteiger partial charge in [0.2, 0.25) is 6.29 Å². The number of ether oxygens (including phenoxy) is 8. The van der Waals surface area contributed by atoms with Crippen molar-refractivity contribution >= 4 is 5.97 Å². The van der Waals surface area contributed by atoms with E-state index in [4.69, 9.17) is 37.9 Å². The molecule has 9 aliphatic rings. The van der Waals surface area contributed by atoms with Crippen LogP contribution in [0, 0.1) is 56.7 Å². The van der Waals surface area contributed by atoms with Crippen molar-refractivity contribution in [3.8, 4) is 0 Å². The van der Waals surface area contributed by atoms with Crippen LogP contribution in [0.3, 0.4) is 0 Å². The molecule has 4 heterocycles. The monoisotopic (exact) mass is 1060 g/mol. The lowest BCUT2D eigenvalue weighted by Crippen LogP contribution is -2.69. The second kappa shape index (κ2) is 20.8. The summed E-state index contributed by atoms with van der Waals surface area (Å²) in [6.07, 6.45) is -20.8. The average Bonchev–Trinajstić information content (AvgIpc) is 3.36. The Hall–Kier alpha value is -1.55. The Morgan fingerprint density at radius 1 is 0.608 bits per heavy atom. The third kappa shape index (κ3) is 8.99. The first-order chi connectivity index (χ1) is 34.7. The van der Waals surface area contributed by atoms with Crippen LogP contribution in [0.15, 0.2) is 11.6 Å². The fourth-order valence-corrected chi connectivity index (χ4v) is 16.8. The van der Waals surface area contributed by atoms with Gasteiger partial charge in [0.15, 0.2) is 18.9 Å². The Morgan fingerprint density at radius 3 is 1.89 bits per heavy atom. The Kier molecular flexibility index (Phi) is 16.1. The number of hydrogen-bond acceptors (Lipinski definition) is 21. The maximum atomic E-state index is 14.8. The molecule has 4 saturated heterocycles. The molecule has 0 amide bonds. The first kappa shape index (κ1) is 57.1. The molecule has 0 aromatic rings. The average molecular weight is 1060 g/mol. The zero-order chi connectivity index (χ0) is 53.9. The first-order valence-electron chi connectivity index (χ1n) is 27.2. The molecule has 5 aliphatic carbocycles. The molecular formula is C53H86O21. The summed E-state index contributed by atoms with van der Waals surface area (Å²) >= 11 is 0. The highest BCUT2D eigenvalue weighted by Gasteiger charge is 2.72. The lowest BCUT2D eigenvalue weighted by Gasteiger charge is -2.73. The van der Waals surface area contributed by atoms with Crippen molar-refractivity contribution in [3.63, 3.8) is 0 Å². The minimum atomic E-state index is -1.77. The van der Waals surface area contributed by atoms with Crippen molar-refractivity contribution < 1.29 is 104 Å². The minimum Gasteiger partial charge on any atom is -0.432 e. The zero-order valence-electron chi connectivity index (χ0n) is 44.0. The van der Waals surface area contributed by atoms with Gasteiger partial charge in [-0.3, -0.25) is 4.79 Å². The number of aliphatic hydroxyl groups is 12. The van der Waals surface area contributed by atoms with E-state index in [2.05, 4.69) is 54.5 Å². The van der Waals surface area contributed by atoms with Crippen molar-refractivity contribution in [3.05, 3.63) is 11.6 Å². The van der Waals surface area contributed by atoms with Gasteiger partial charge in [-0.1, -0.05) is 53.2 Å². The van der Waals surface area contributed by atoms with Crippen LogP contribution < -0.4 is 0 Å². The van der Waals surface area contributed by atoms with Crippen LogP contribution in [0.5, 0.6) is 0 Å². The fraction of sp³-hybridized carbons (Fsp3) is 0.943. The summed E-state index contributed by atoms with van der Waals surface area (Å²) in [6, 6.07) is 0. The van der Waals surface area contributed by atoms with Gasteiger partial charge in [0.1, 0.15) is 85.5 Å². The third-order valence-corrected chi connectivity index (χ3v) is 21.5. The zero-order valence-corrected chi connectivity index (χ0v) is 44.0. The van der Waals surface area contributed by atoms with Crippen LogP contribution in [0.25, 0.3) is 0 Å². The van der Waals surface area contributed by atoms with Crippen LogP contribution >= 0.6 is 0 Å². The van der Waals surface area contributed by atoms with E-state index in [0.29, 0.717) is 25.2 Å². The highest BCUT2D eigenvalue weighted by Crippen LogP contribution is 2.77. The number of carbonyl (C=O) groups is 1. The fourth-order valence-electron chi connectivity index (χ4n) is 16.8. The van der Waals surface area contributed by atoms with E-state index in [1.165, 1.54) is 12.5 Å². The number of carbonyl (C=O) groups excluding carboxylic acids is 1. The number of rotatable bonds is 10. The van der Waals surface area contributed by atoms with Gasteiger partial charge in [-0.05, 0) is 123 Å². The van der Waals surface area contributed by atoms with Crippen molar-refractivity contribution in [1.29, 1.82) is 0 Å². The topological polar surface area (TPSA) is 334 Å². The molecule has 4 aliphatic heterocycles. The molecule has 0 aromatic carbocycles. The molecule has 12 N–H and O–H groups in total. The molecule has 21 nitrogen and oxygen atoms in total. The molecule has 29 unspecified atom stereocenters. The third-order valence-electron chi connectivity index (χ3n) is 21.5. The van der Waals surface area contributed by atoms with Gasteiger partial charge in [-0.15, -0.1) is 0 Å². The molecule has 74 heavy (non-hydrogen) atoms. The van der Waals surface area contributed by atoms with E-state index < -0.39 is 159 Å². The second-order valence-electron chi connectivity index (χ2n) is 25.2. The molecule has 4 saturated carbocycles. The van der Waals surface area contributed by atoms with Crippen molar-refractivity contribution in [2.45, 2.75) is 236 Å². The SMILES string of the molecule is CC1=CCC2(C(=O)OC3OC(CO)C(O)C(O)C3O)CCC3(C)C(CCC4C5(C)CCC(OC6OC(CO)C(O)C(O)C6OC6OCC(O)C(O)C6OC6OC(C)C(O)C(O)C6O)C(C)(C)C5CCC43C)C2C1C. The molecule has 8 fully saturated rings. The summed E-state index contributed by atoms with van der Waals surface area (Å²) in [6.45, 7) is 15.7. The largest absolute Gasteiger partial charge is 0.432 e. The second-order valence-corrected chi connectivity index (χ2v) is 25.2. The standard InChI is InChI=1S/C53H86O21/c1-22-11-16-53(48(66)74-45-41(65)38(62)35(59)27(19-54)69-45)18-17-51(7)25(32(53)23(22)2)9-10-30-50(6)14-13-31(49(4,5)29(50)12-15-52(30,51)8)71-47-43(39(63)36(60)28(20-55)70-47)73-46-42(34(58)26(56)21-67-46)72-44-40(64)37(61)33(57)24(3)68-44/h11,23-47,54-65H,9-10,12-21H2,1-8H3. The summed E-state index contributed by atoms with van der Waals surface area (Å²) in [5.41, 5.74) is -0.710. The van der Waals surface area contributed by atoms with E-state index in [-0.39, 0.29) is 39.9 Å². The predicted octanol–water partition coefficient (Wildman–Crippen LogP) is -0.513. The summed E-state index contributed by atoms with van der Waals surface area (Å²) in [5.74, 6) is 0.0128. The number of fused-ring (bicyclic) bond motifs is 7. The Balaban J connectivity index is 0.939. The van der Waals surface area contributed by atoms with Crippen molar-refractivity contribution in [1.82, 2.24) is 0 Å². The summed E-state index contributed by atoms with van der Waals surface area (Å²) in [5, 5.41) is 128. The Morgan fingerprint density at radius 2 is 1.22 bits per heavy atom. The van der Waals surface area contributed by atoms with Gasteiger partial charge in [0.05, 0.1) is 37.4 Å². The Labute approximate surface area is 433 Å². The molecule has 21 heteroatoms.